The van der Waals surface area contributed by atoms with Crippen molar-refractivity contribution in [2.45, 2.75) is 39.8 Å². The average Bonchev–Trinajstić information content (AvgIpc) is 3.25. The molecule has 0 amide bonds. The second kappa shape index (κ2) is 8.29. The number of hydrogen-bond acceptors (Lipinski definition) is 5. The average molecular weight is 359 g/mol. The predicted molar refractivity (Wildman–Crippen MR) is 104 cm³/mol. The molecular formula is C18H26N6S. The van der Waals surface area contributed by atoms with Crippen LogP contribution in [0.1, 0.15) is 34.0 Å². The van der Waals surface area contributed by atoms with Crippen molar-refractivity contribution < 1.29 is 0 Å². The maximum absolute atomic E-state index is 4.59. The van der Waals surface area contributed by atoms with Crippen molar-refractivity contribution in [3.8, 4) is 0 Å². The highest BCUT2D eigenvalue weighted by Crippen LogP contribution is 2.18. The molecule has 1 saturated heterocycles. The monoisotopic (exact) mass is 358 g/mol. The molecule has 3 heterocycles. The van der Waals surface area contributed by atoms with Crippen LogP contribution in [0.15, 0.2) is 23.3 Å². The highest BCUT2D eigenvalue weighted by atomic mass is 32.1. The summed E-state index contributed by atoms with van der Waals surface area (Å²) in [5, 5.41) is 7.79. The van der Waals surface area contributed by atoms with E-state index in [0.717, 1.165) is 47.7 Å². The second-order valence-corrected chi connectivity index (χ2v) is 7.53. The molecule has 0 aromatic carbocycles. The van der Waals surface area contributed by atoms with Crippen LogP contribution >= 0.6 is 11.3 Å². The Morgan fingerprint density at radius 2 is 1.96 bits per heavy atom. The number of aliphatic imine (C=N–C) groups is 1. The summed E-state index contributed by atoms with van der Waals surface area (Å²) in [6.45, 7) is 7.77. The molecule has 1 aliphatic rings. The highest BCUT2D eigenvalue weighted by molar-refractivity contribution is 7.11. The number of hydrogen-bond donors (Lipinski definition) is 2. The van der Waals surface area contributed by atoms with E-state index in [1.165, 1.54) is 17.7 Å². The largest absolute Gasteiger partial charge is 0.357 e. The first-order chi connectivity index (χ1) is 12.2. The van der Waals surface area contributed by atoms with E-state index in [1.54, 1.807) is 18.4 Å². The van der Waals surface area contributed by atoms with Gasteiger partial charge in [0.25, 0.3) is 0 Å². The third kappa shape index (κ3) is 4.69. The summed E-state index contributed by atoms with van der Waals surface area (Å²) in [5.74, 6) is 1.87. The van der Waals surface area contributed by atoms with Crippen LogP contribution in [-0.4, -0.2) is 36.1 Å². The minimum atomic E-state index is 0.702. The van der Waals surface area contributed by atoms with Gasteiger partial charge in [0.2, 0.25) is 0 Å². The fourth-order valence-electron chi connectivity index (χ4n) is 2.96. The Labute approximate surface area is 153 Å². The SMILES string of the molecule is CN=C(NCc1ccc(N2CCCC2)nc1)NCc1sc(C)nc1C. The molecule has 0 spiro atoms. The second-order valence-electron chi connectivity index (χ2n) is 6.24. The van der Waals surface area contributed by atoms with Gasteiger partial charge in [-0.25, -0.2) is 9.97 Å². The van der Waals surface area contributed by atoms with E-state index in [2.05, 4.69) is 42.6 Å². The number of aromatic nitrogens is 2. The number of aryl methyl sites for hydroxylation is 2. The lowest BCUT2D eigenvalue weighted by Crippen LogP contribution is -2.36. The third-order valence-electron chi connectivity index (χ3n) is 4.34. The summed E-state index contributed by atoms with van der Waals surface area (Å²) in [7, 11) is 1.79. The Bertz CT molecular complexity index is 716. The predicted octanol–water partition coefficient (Wildman–Crippen LogP) is 2.62. The zero-order valence-corrected chi connectivity index (χ0v) is 16.0. The molecular weight excluding hydrogens is 332 g/mol. The van der Waals surface area contributed by atoms with Gasteiger partial charge < -0.3 is 15.5 Å². The van der Waals surface area contributed by atoms with Gasteiger partial charge in [-0.2, -0.15) is 0 Å². The van der Waals surface area contributed by atoms with E-state index in [-0.39, 0.29) is 0 Å². The molecule has 1 aliphatic heterocycles. The van der Waals surface area contributed by atoms with Crippen LogP contribution in [-0.2, 0) is 13.1 Å². The summed E-state index contributed by atoms with van der Waals surface area (Å²) in [6, 6.07) is 4.25. The van der Waals surface area contributed by atoms with Crippen LogP contribution < -0.4 is 15.5 Å². The van der Waals surface area contributed by atoms with Crippen LogP contribution in [0.25, 0.3) is 0 Å². The zero-order valence-electron chi connectivity index (χ0n) is 15.2. The molecule has 0 bridgehead atoms. The molecule has 0 unspecified atom stereocenters. The van der Waals surface area contributed by atoms with Crippen LogP contribution in [0.2, 0.25) is 0 Å². The van der Waals surface area contributed by atoms with Crippen molar-refractivity contribution in [1.82, 2.24) is 20.6 Å². The van der Waals surface area contributed by atoms with E-state index >= 15 is 0 Å². The molecule has 0 saturated carbocycles. The minimum absolute atomic E-state index is 0.702. The smallest absolute Gasteiger partial charge is 0.191 e. The maximum atomic E-state index is 4.59. The molecule has 0 aliphatic carbocycles. The van der Waals surface area contributed by atoms with Crippen molar-refractivity contribution in [2.24, 2.45) is 4.99 Å². The number of thiazole rings is 1. The zero-order chi connectivity index (χ0) is 17.6. The molecule has 0 atom stereocenters. The molecule has 2 aromatic rings. The summed E-state index contributed by atoms with van der Waals surface area (Å²) >= 11 is 1.72. The lowest BCUT2D eigenvalue weighted by molar-refractivity contribution is 0.808. The highest BCUT2D eigenvalue weighted by Gasteiger charge is 2.13. The van der Waals surface area contributed by atoms with E-state index < -0.39 is 0 Å². The van der Waals surface area contributed by atoms with Gasteiger partial charge in [-0.1, -0.05) is 6.07 Å². The van der Waals surface area contributed by atoms with E-state index in [0.29, 0.717) is 6.54 Å². The Balaban J connectivity index is 1.50. The van der Waals surface area contributed by atoms with Crippen molar-refractivity contribution in [3.05, 3.63) is 39.5 Å². The summed E-state index contributed by atoms with van der Waals surface area (Å²) in [4.78, 5) is 16.9. The van der Waals surface area contributed by atoms with Crippen molar-refractivity contribution in [2.75, 3.05) is 25.0 Å². The molecule has 6 nitrogen and oxygen atoms in total. The normalized spacial score (nSPS) is 14.8. The topological polar surface area (TPSA) is 65.4 Å². The first-order valence-electron chi connectivity index (χ1n) is 8.73. The van der Waals surface area contributed by atoms with Gasteiger partial charge in [0, 0.05) is 37.8 Å². The number of nitrogens with zero attached hydrogens (tertiary/aromatic N) is 4. The number of guanidine groups is 1. The molecule has 2 N–H and O–H groups in total. The number of rotatable bonds is 5. The lowest BCUT2D eigenvalue weighted by Gasteiger charge is -2.16. The Kier molecular flexibility index (Phi) is 5.86. The molecule has 7 heteroatoms. The number of anilines is 1. The number of pyridine rings is 1. The molecule has 1 fully saturated rings. The molecule has 134 valence electrons. The molecule has 3 rings (SSSR count). The van der Waals surface area contributed by atoms with Crippen molar-refractivity contribution >= 4 is 23.1 Å². The van der Waals surface area contributed by atoms with Crippen molar-refractivity contribution in [1.29, 1.82) is 0 Å². The molecule has 25 heavy (non-hydrogen) atoms. The van der Waals surface area contributed by atoms with Gasteiger partial charge in [-0.3, -0.25) is 4.99 Å². The van der Waals surface area contributed by atoms with Gasteiger partial charge in [0.05, 0.1) is 17.2 Å². The van der Waals surface area contributed by atoms with Gasteiger partial charge in [-0.15, -0.1) is 11.3 Å². The van der Waals surface area contributed by atoms with E-state index in [1.807, 2.05) is 20.0 Å². The van der Waals surface area contributed by atoms with Crippen LogP contribution in [0.5, 0.6) is 0 Å². The summed E-state index contributed by atoms with van der Waals surface area (Å²) < 4.78 is 0. The first kappa shape index (κ1) is 17.7. The Morgan fingerprint density at radius 1 is 1.20 bits per heavy atom. The van der Waals surface area contributed by atoms with Gasteiger partial charge >= 0.3 is 0 Å². The Hall–Kier alpha value is -2.15. The van der Waals surface area contributed by atoms with E-state index in [4.69, 9.17) is 0 Å². The summed E-state index contributed by atoms with van der Waals surface area (Å²) in [5.41, 5.74) is 2.24. The fraction of sp³-hybridized carbons (Fsp3) is 0.500. The van der Waals surface area contributed by atoms with Crippen molar-refractivity contribution in [3.63, 3.8) is 0 Å². The first-order valence-corrected chi connectivity index (χ1v) is 9.54. The number of nitrogens with one attached hydrogen (secondary N) is 2. The van der Waals surface area contributed by atoms with Gasteiger partial charge in [0.1, 0.15) is 5.82 Å². The summed E-state index contributed by atoms with van der Waals surface area (Å²) in [6.07, 6.45) is 4.49. The van der Waals surface area contributed by atoms with Gasteiger partial charge in [-0.05, 0) is 38.3 Å². The lowest BCUT2D eigenvalue weighted by atomic mass is 10.3. The van der Waals surface area contributed by atoms with Crippen LogP contribution in [0, 0.1) is 13.8 Å². The van der Waals surface area contributed by atoms with Crippen LogP contribution in [0.4, 0.5) is 5.82 Å². The quantitative estimate of drug-likeness (QED) is 0.635. The molecule has 2 aromatic heterocycles. The standard InChI is InChI=1S/C18H26N6S/c1-13-16(25-14(2)23-13)12-22-18(19-3)21-11-15-6-7-17(20-10-15)24-8-4-5-9-24/h6-7,10H,4-5,8-9,11-12H2,1-3H3,(H2,19,21,22). The van der Waals surface area contributed by atoms with Gasteiger partial charge in [0.15, 0.2) is 5.96 Å². The Morgan fingerprint density at radius 3 is 2.56 bits per heavy atom. The maximum Gasteiger partial charge on any atom is 0.191 e. The third-order valence-corrected chi connectivity index (χ3v) is 5.41. The molecule has 0 radical (unpaired) electrons. The minimum Gasteiger partial charge on any atom is -0.357 e. The fourth-order valence-corrected chi connectivity index (χ4v) is 3.84. The van der Waals surface area contributed by atoms with E-state index in [9.17, 15) is 0 Å². The van der Waals surface area contributed by atoms with Crippen LogP contribution in [0.3, 0.4) is 0 Å².